The number of allylic oxidation sites excluding steroid dienone is 2. The first-order valence-electron chi connectivity index (χ1n) is 13.5. The van der Waals surface area contributed by atoms with E-state index in [1.165, 1.54) is 63.4 Å². The van der Waals surface area contributed by atoms with Crippen LogP contribution < -0.4 is 0 Å². The Balaban J connectivity index is 0.000000602. The van der Waals surface area contributed by atoms with Crippen LogP contribution in [0.25, 0.3) is 0 Å². The summed E-state index contributed by atoms with van der Waals surface area (Å²) >= 11 is 1.25. The maximum atomic E-state index is 10.5. The minimum absolute atomic E-state index is 0.292. The minimum Gasteiger partial charge on any atom is -0.478 e. The third-order valence-corrected chi connectivity index (χ3v) is 7.96. The van der Waals surface area contributed by atoms with Crippen LogP contribution in [0.4, 0.5) is 0 Å². The van der Waals surface area contributed by atoms with Gasteiger partial charge >= 0.3 is 5.97 Å². The molecule has 3 atom stereocenters. The van der Waals surface area contributed by atoms with Crippen LogP contribution in [0.3, 0.4) is 0 Å². The SMILES string of the molecule is C=C.CC.CC1=CCC(C)CC1CCC1CCCCC1(C)C.CCOSc1ccc(C(=O)O)cc1. The second-order valence-electron chi connectivity index (χ2n) is 10.0. The van der Waals surface area contributed by atoms with E-state index in [9.17, 15) is 4.79 Å². The minimum atomic E-state index is -0.909. The quantitative estimate of drug-likeness (QED) is 0.296. The molecular formula is C31H52O3S. The molecule has 1 aromatic rings. The summed E-state index contributed by atoms with van der Waals surface area (Å²) in [6.45, 7) is 22.3. The number of carbonyl (C=O) groups is 1. The second-order valence-corrected chi connectivity index (χ2v) is 10.9. The van der Waals surface area contributed by atoms with Gasteiger partial charge in [0.05, 0.1) is 12.2 Å². The van der Waals surface area contributed by atoms with E-state index < -0.39 is 5.97 Å². The van der Waals surface area contributed by atoms with E-state index in [1.807, 2.05) is 20.8 Å². The van der Waals surface area contributed by atoms with Crippen LogP contribution in [-0.2, 0) is 4.18 Å². The Hall–Kier alpha value is -1.52. The van der Waals surface area contributed by atoms with Gasteiger partial charge in [-0.05, 0) is 99.8 Å². The lowest BCUT2D eigenvalue weighted by atomic mass is 9.66. The van der Waals surface area contributed by atoms with Crippen LogP contribution in [0.5, 0.6) is 0 Å². The van der Waals surface area contributed by atoms with Gasteiger partial charge in [-0.25, -0.2) is 4.79 Å². The highest BCUT2D eigenvalue weighted by Crippen LogP contribution is 2.44. The predicted molar refractivity (Wildman–Crippen MR) is 154 cm³/mol. The number of benzene rings is 1. The third-order valence-electron chi connectivity index (χ3n) is 7.14. The van der Waals surface area contributed by atoms with Gasteiger partial charge < -0.3 is 9.29 Å². The summed E-state index contributed by atoms with van der Waals surface area (Å²) in [7, 11) is 0. The number of aromatic carboxylic acids is 1. The van der Waals surface area contributed by atoms with E-state index in [0.29, 0.717) is 17.6 Å². The van der Waals surface area contributed by atoms with Crippen LogP contribution in [0.2, 0.25) is 0 Å². The molecule has 35 heavy (non-hydrogen) atoms. The molecular weight excluding hydrogens is 452 g/mol. The Morgan fingerprint density at radius 2 is 1.77 bits per heavy atom. The van der Waals surface area contributed by atoms with Crippen LogP contribution in [-0.4, -0.2) is 17.7 Å². The molecule has 1 fully saturated rings. The lowest BCUT2D eigenvalue weighted by Crippen LogP contribution is -2.28. The molecule has 1 aromatic carbocycles. The fraction of sp³-hybridized carbons (Fsp3) is 0.645. The Morgan fingerprint density at radius 1 is 1.14 bits per heavy atom. The summed E-state index contributed by atoms with van der Waals surface area (Å²) in [6, 6.07) is 6.57. The summed E-state index contributed by atoms with van der Waals surface area (Å²) in [5, 5.41) is 8.61. The van der Waals surface area contributed by atoms with Gasteiger partial charge in [0.2, 0.25) is 0 Å². The van der Waals surface area contributed by atoms with E-state index in [4.69, 9.17) is 9.29 Å². The first-order chi connectivity index (χ1) is 16.7. The summed E-state index contributed by atoms with van der Waals surface area (Å²) < 4.78 is 5.09. The fourth-order valence-corrected chi connectivity index (χ4v) is 5.45. The van der Waals surface area contributed by atoms with Crippen molar-refractivity contribution >= 4 is 18.0 Å². The zero-order valence-electron chi connectivity index (χ0n) is 23.6. The van der Waals surface area contributed by atoms with Crippen LogP contribution in [0.15, 0.2) is 54.0 Å². The van der Waals surface area contributed by atoms with Crippen molar-refractivity contribution in [3.63, 3.8) is 0 Å². The van der Waals surface area contributed by atoms with Crippen LogP contribution >= 0.6 is 12.0 Å². The van der Waals surface area contributed by atoms with Gasteiger partial charge in [0.15, 0.2) is 0 Å². The van der Waals surface area contributed by atoms with Gasteiger partial charge in [-0.3, -0.25) is 0 Å². The summed E-state index contributed by atoms with van der Waals surface area (Å²) in [6.07, 6.45) is 14.0. The average molecular weight is 505 g/mol. The molecule has 0 radical (unpaired) electrons. The van der Waals surface area contributed by atoms with E-state index in [1.54, 1.807) is 29.8 Å². The van der Waals surface area contributed by atoms with E-state index in [0.717, 1.165) is 22.6 Å². The Labute approximate surface area is 221 Å². The lowest BCUT2D eigenvalue weighted by Gasteiger charge is -2.40. The molecule has 1 saturated carbocycles. The van der Waals surface area contributed by atoms with Crippen molar-refractivity contribution in [3.8, 4) is 0 Å². The van der Waals surface area contributed by atoms with Gasteiger partial charge in [0.25, 0.3) is 0 Å². The molecule has 3 unspecified atom stereocenters. The molecule has 0 bridgehead atoms. The highest BCUT2D eigenvalue weighted by Gasteiger charge is 2.32. The molecule has 0 heterocycles. The van der Waals surface area contributed by atoms with Crippen LogP contribution in [0.1, 0.15) is 110 Å². The predicted octanol–water partition coefficient (Wildman–Crippen LogP) is 10.2. The van der Waals surface area contributed by atoms with Gasteiger partial charge in [-0.15, -0.1) is 13.2 Å². The van der Waals surface area contributed by atoms with Crippen molar-refractivity contribution in [2.45, 2.75) is 105 Å². The smallest absolute Gasteiger partial charge is 0.335 e. The molecule has 0 spiro atoms. The van der Waals surface area contributed by atoms with E-state index in [-0.39, 0.29) is 0 Å². The molecule has 2 aliphatic rings. The number of carboxylic acids is 1. The number of hydrogen-bond donors (Lipinski definition) is 1. The van der Waals surface area contributed by atoms with Crippen molar-refractivity contribution < 1.29 is 14.1 Å². The summed E-state index contributed by atoms with van der Waals surface area (Å²) in [5.41, 5.74) is 2.58. The topological polar surface area (TPSA) is 46.5 Å². The first-order valence-corrected chi connectivity index (χ1v) is 14.3. The number of carboxylic acid groups (broad SMARTS) is 1. The molecule has 3 nitrogen and oxygen atoms in total. The maximum absolute atomic E-state index is 10.5. The fourth-order valence-electron chi connectivity index (χ4n) is 4.95. The lowest BCUT2D eigenvalue weighted by molar-refractivity contribution is 0.0696. The van der Waals surface area contributed by atoms with Crippen molar-refractivity contribution in [1.82, 2.24) is 0 Å². The maximum Gasteiger partial charge on any atom is 0.335 e. The van der Waals surface area contributed by atoms with Crippen molar-refractivity contribution in [2.24, 2.45) is 23.2 Å². The van der Waals surface area contributed by atoms with E-state index >= 15 is 0 Å². The molecule has 2 aliphatic carbocycles. The summed E-state index contributed by atoms with van der Waals surface area (Å²) in [4.78, 5) is 11.4. The highest BCUT2D eigenvalue weighted by molar-refractivity contribution is 7.94. The zero-order valence-corrected chi connectivity index (χ0v) is 24.4. The molecule has 0 saturated heterocycles. The first kappa shape index (κ1) is 33.5. The summed E-state index contributed by atoms with van der Waals surface area (Å²) in [5.74, 6) is 1.88. The molecule has 4 heteroatoms. The molecule has 0 aromatic heterocycles. The van der Waals surface area contributed by atoms with Gasteiger partial charge in [0, 0.05) is 16.9 Å². The normalized spacial score (nSPS) is 22.6. The van der Waals surface area contributed by atoms with Crippen molar-refractivity contribution in [1.29, 1.82) is 0 Å². The highest BCUT2D eigenvalue weighted by atomic mass is 32.2. The number of hydrogen-bond acceptors (Lipinski definition) is 3. The molecule has 0 aliphatic heterocycles. The Morgan fingerprint density at radius 3 is 2.31 bits per heavy atom. The second kappa shape index (κ2) is 18.7. The number of rotatable bonds is 7. The van der Waals surface area contributed by atoms with Gasteiger partial charge in [-0.2, -0.15) is 0 Å². The molecule has 3 rings (SSSR count). The van der Waals surface area contributed by atoms with Crippen molar-refractivity contribution in [2.75, 3.05) is 6.61 Å². The van der Waals surface area contributed by atoms with Gasteiger partial charge in [-0.1, -0.05) is 59.1 Å². The molecule has 1 N–H and O–H groups in total. The zero-order chi connectivity index (χ0) is 26.9. The standard InChI is InChI=1S/C18H32.C9H10O3S.C2H6.C2H4/c1-14-8-9-15(2)16(13-14)10-11-17-7-5-6-12-18(17,3)4;1-2-12-13-8-5-3-7(4-6-8)9(10)11;2*1-2/h9,14,16-17H,5-8,10-13H2,1-4H3;3-6H,2H2,1H3,(H,10,11);1-2H3;1-2H2. The van der Waals surface area contributed by atoms with Crippen molar-refractivity contribution in [3.05, 3.63) is 54.6 Å². The van der Waals surface area contributed by atoms with Gasteiger partial charge in [0.1, 0.15) is 0 Å². The largest absolute Gasteiger partial charge is 0.478 e. The monoisotopic (exact) mass is 504 g/mol. The molecule has 200 valence electrons. The third kappa shape index (κ3) is 12.8. The van der Waals surface area contributed by atoms with E-state index in [2.05, 4.69) is 46.9 Å². The van der Waals surface area contributed by atoms with Crippen LogP contribution in [0, 0.1) is 23.2 Å². The Bertz CT molecular complexity index is 723. The average Bonchev–Trinajstić information content (AvgIpc) is 2.87. The Kier molecular flexibility index (Phi) is 17.9. The molecule has 0 amide bonds.